The van der Waals surface area contributed by atoms with Gasteiger partial charge in [0.05, 0.1) is 17.5 Å². The van der Waals surface area contributed by atoms with Crippen LogP contribution < -0.4 is 15.8 Å². The zero-order valence-electron chi connectivity index (χ0n) is 18.2. The molecule has 4 amide bonds. The van der Waals surface area contributed by atoms with Gasteiger partial charge in [0, 0.05) is 31.6 Å². The molecule has 2 unspecified atom stereocenters. The first-order valence-corrected chi connectivity index (χ1v) is 11.5. The Bertz CT molecular complexity index is 928. The lowest BCUT2D eigenvalue weighted by Gasteiger charge is -2.38. The van der Waals surface area contributed by atoms with Crippen molar-refractivity contribution in [1.29, 1.82) is 0 Å². The van der Waals surface area contributed by atoms with Crippen molar-refractivity contribution >= 4 is 29.3 Å². The molecule has 1 aliphatic carbocycles. The lowest BCUT2D eigenvalue weighted by molar-refractivity contribution is -0.140. The van der Waals surface area contributed by atoms with Gasteiger partial charge in [0.25, 0.3) is 5.91 Å². The fourth-order valence-electron chi connectivity index (χ4n) is 4.62. The van der Waals surface area contributed by atoms with E-state index in [1.54, 1.807) is 24.3 Å². The van der Waals surface area contributed by atoms with Crippen LogP contribution in [-0.4, -0.2) is 48.2 Å². The van der Waals surface area contributed by atoms with Crippen molar-refractivity contribution in [2.24, 2.45) is 11.8 Å². The van der Waals surface area contributed by atoms with Gasteiger partial charge in [-0.15, -0.1) is 0 Å². The Kier molecular flexibility index (Phi) is 6.87. The number of fused-ring (bicyclic) bond motifs is 1. The van der Waals surface area contributed by atoms with Gasteiger partial charge in [0.2, 0.25) is 17.7 Å². The third-order valence-electron chi connectivity index (χ3n) is 6.46. The third-order valence-corrected chi connectivity index (χ3v) is 6.46. The van der Waals surface area contributed by atoms with Gasteiger partial charge in [-0.2, -0.15) is 0 Å². The highest BCUT2D eigenvalue weighted by Crippen LogP contribution is 2.32. The van der Waals surface area contributed by atoms with Crippen LogP contribution in [0.3, 0.4) is 0 Å². The Morgan fingerprint density at radius 3 is 2.72 bits per heavy atom. The predicted molar refractivity (Wildman–Crippen MR) is 119 cm³/mol. The van der Waals surface area contributed by atoms with Crippen molar-refractivity contribution in [1.82, 2.24) is 15.6 Å². The van der Waals surface area contributed by atoms with E-state index in [0.717, 1.165) is 25.8 Å². The van der Waals surface area contributed by atoms with Gasteiger partial charge in [-0.05, 0) is 50.3 Å². The van der Waals surface area contributed by atoms with Crippen LogP contribution in [0.25, 0.3) is 0 Å². The van der Waals surface area contributed by atoms with Crippen LogP contribution in [0.2, 0.25) is 0 Å². The first-order chi connectivity index (χ1) is 15.5. The molecule has 0 radical (unpaired) electrons. The second-order valence-corrected chi connectivity index (χ2v) is 8.66. The number of benzene rings is 1. The van der Waals surface area contributed by atoms with Crippen LogP contribution in [0.15, 0.2) is 36.4 Å². The Labute approximate surface area is 188 Å². The second kappa shape index (κ2) is 9.97. The Morgan fingerprint density at radius 1 is 1.06 bits per heavy atom. The van der Waals surface area contributed by atoms with E-state index < -0.39 is 0 Å². The number of hydrogen-bond donors (Lipinski definition) is 2. The van der Waals surface area contributed by atoms with E-state index in [2.05, 4.69) is 10.7 Å². The summed E-state index contributed by atoms with van der Waals surface area (Å²) in [5.74, 6) is -1.07. The molecular weight excluding hydrogens is 408 g/mol. The van der Waals surface area contributed by atoms with Crippen LogP contribution in [0, 0.1) is 11.8 Å². The normalized spacial score (nSPS) is 23.4. The molecule has 3 aliphatic rings. The summed E-state index contributed by atoms with van der Waals surface area (Å²) in [6, 6.07) is 6.70. The van der Waals surface area contributed by atoms with E-state index in [1.165, 1.54) is 5.01 Å². The molecule has 0 spiro atoms. The summed E-state index contributed by atoms with van der Waals surface area (Å²) in [6.45, 7) is 1.90. The molecular formula is C24H30N4O4. The van der Waals surface area contributed by atoms with Crippen LogP contribution in [0.5, 0.6) is 0 Å². The minimum atomic E-state index is -0.368. The summed E-state index contributed by atoms with van der Waals surface area (Å²) in [4.78, 5) is 52.0. The molecule has 1 aromatic rings. The average Bonchev–Trinajstić information content (AvgIpc) is 3.03. The number of nitrogens with zero attached hydrogens (tertiary/aromatic N) is 2. The number of hydrogen-bond acceptors (Lipinski definition) is 4. The lowest BCUT2D eigenvalue weighted by atomic mass is 9.80. The number of amides is 4. The summed E-state index contributed by atoms with van der Waals surface area (Å²) in [5.41, 5.74) is 3.58. The Hall–Kier alpha value is -3.16. The smallest absolute Gasteiger partial charge is 0.251 e. The van der Waals surface area contributed by atoms with Crippen LogP contribution in [0.4, 0.5) is 5.69 Å². The van der Waals surface area contributed by atoms with Gasteiger partial charge in [-0.3, -0.25) is 24.6 Å². The maximum absolute atomic E-state index is 12.9. The van der Waals surface area contributed by atoms with Crippen LogP contribution >= 0.6 is 0 Å². The minimum absolute atomic E-state index is 0.154. The first kappa shape index (κ1) is 22.0. The standard InChI is InChI=1S/C24H30N4O4/c29-21-12-2-1-5-14-27(21)15-7-13-25-22(30)17-8-6-9-18(16-17)28-24(32)20-11-4-3-10-19(20)23(31)26-28/h3-4,6,8-9,16,19-20H,1-2,5,7,10-15H2,(H,25,30)(H,26,31). The van der Waals surface area contributed by atoms with Crippen LogP contribution in [-0.2, 0) is 14.4 Å². The van der Waals surface area contributed by atoms with E-state index in [4.69, 9.17) is 0 Å². The maximum atomic E-state index is 12.9. The van der Waals surface area contributed by atoms with Crippen molar-refractivity contribution < 1.29 is 19.2 Å². The van der Waals surface area contributed by atoms with Gasteiger partial charge in [-0.25, -0.2) is 5.01 Å². The number of allylic oxidation sites excluding steroid dienone is 2. The first-order valence-electron chi connectivity index (χ1n) is 11.5. The zero-order chi connectivity index (χ0) is 22.5. The number of rotatable bonds is 6. The summed E-state index contributed by atoms with van der Waals surface area (Å²) in [7, 11) is 0. The molecule has 8 heteroatoms. The number of anilines is 1. The van der Waals surface area contributed by atoms with Crippen molar-refractivity contribution in [2.45, 2.75) is 44.9 Å². The van der Waals surface area contributed by atoms with Crippen molar-refractivity contribution in [3.63, 3.8) is 0 Å². The van der Waals surface area contributed by atoms with Crippen molar-refractivity contribution in [3.05, 3.63) is 42.0 Å². The van der Waals surface area contributed by atoms with E-state index in [9.17, 15) is 19.2 Å². The fourth-order valence-corrected chi connectivity index (χ4v) is 4.62. The van der Waals surface area contributed by atoms with Crippen molar-refractivity contribution in [2.75, 3.05) is 24.6 Å². The molecule has 0 bridgehead atoms. The quantitative estimate of drug-likeness (QED) is 0.525. The minimum Gasteiger partial charge on any atom is -0.352 e. The van der Waals surface area contributed by atoms with Crippen LogP contribution in [0.1, 0.15) is 55.3 Å². The summed E-state index contributed by atoms with van der Waals surface area (Å²) in [5, 5.41) is 4.16. The molecule has 2 fully saturated rings. The molecule has 2 atom stereocenters. The van der Waals surface area contributed by atoms with E-state index in [1.807, 2.05) is 17.1 Å². The number of carbonyl (C=O) groups is 4. The van der Waals surface area contributed by atoms with Gasteiger partial charge in [0.1, 0.15) is 0 Å². The third kappa shape index (κ3) is 4.84. The molecule has 2 saturated heterocycles. The molecule has 2 N–H and O–H groups in total. The Morgan fingerprint density at radius 2 is 1.88 bits per heavy atom. The van der Waals surface area contributed by atoms with E-state index in [-0.39, 0.29) is 35.5 Å². The lowest BCUT2D eigenvalue weighted by Crippen LogP contribution is -2.59. The highest BCUT2D eigenvalue weighted by atomic mass is 16.2. The van der Waals surface area contributed by atoms with Gasteiger partial charge < -0.3 is 10.2 Å². The van der Waals surface area contributed by atoms with Gasteiger partial charge in [0.15, 0.2) is 0 Å². The molecule has 0 saturated carbocycles. The highest BCUT2D eigenvalue weighted by molar-refractivity contribution is 6.05. The second-order valence-electron chi connectivity index (χ2n) is 8.66. The summed E-state index contributed by atoms with van der Waals surface area (Å²) >= 11 is 0. The number of likely N-dealkylation sites (tertiary alicyclic amines) is 1. The van der Waals surface area contributed by atoms with Gasteiger partial charge in [-0.1, -0.05) is 24.6 Å². The molecule has 4 rings (SSSR count). The summed E-state index contributed by atoms with van der Waals surface area (Å²) < 4.78 is 0. The summed E-state index contributed by atoms with van der Waals surface area (Å²) in [6.07, 6.45) is 9.39. The van der Waals surface area contributed by atoms with Gasteiger partial charge >= 0.3 is 0 Å². The molecule has 2 heterocycles. The molecule has 0 aromatic heterocycles. The zero-order valence-corrected chi connectivity index (χ0v) is 18.2. The number of hydrazine groups is 1. The number of carbonyl (C=O) groups excluding carboxylic acids is 4. The highest BCUT2D eigenvalue weighted by Gasteiger charge is 2.42. The predicted octanol–water partition coefficient (Wildman–Crippen LogP) is 2.17. The molecule has 32 heavy (non-hydrogen) atoms. The molecule has 2 aliphatic heterocycles. The van der Waals surface area contributed by atoms with Crippen molar-refractivity contribution in [3.8, 4) is 0 Å². The van der Waals surface area contributed by atoms with E-state index in [0.29, 0.717) is 50.0 Å². The number of nitrogens with one attached hydrogen (secondary N) is 2. The average molecular weight is 439 g/mol. The Balaban J connectivity index is 1.33. The topological polar surface area (TPSA) is 98.8 Å². The monoisotopic (exact) mass is 438 g/mol. The van der Waals surface area contributed by atoms with E-state index >= 15 is 0 Å². The molecule has 8 nitrogen and oxygen atoms in total. The fraction of sp³-hybridized carbons (Fsp3) is 0.500. The largest absolute Gasteiger partial charge is 0.352 e. The SMILES string of the molecule is O=C(NCCCN1CCCCCC1=O)c1cccc(N2NC(=O)C3CC=CCC3C2=O)c1. The maximum Gasteiger partial charge on any atom is 0.251 e. The molecule has 170 valence electrons. The molecule has 1 aromatic carbocycles.